The van der Waals surface area contributed by atoms with E-state index in [-0.39, 0.29) is 17.9 Å². The van der Waals surface area contributed by atoms with Gasteiger partial charge in [0.05, 0.1) is 18.8 Å². The Morgan fingerprint density at radius 1 is 1.38 bits per heavy atom. The van der Waals surface area contributed by atoms with Crippen LogP contribution in [0.3, 0.4) is 0 Å². The Morgan fingerprint density at radius 2 is 2.19 bits per heavy atom. The minimum absolute atomic E-state index is 0.0889. The maximum absolute atomic E-state index is 12.6. The Balaban J connectivity index is 1.67. The molecule has 7 heteroatoms. The largest absolute Gasteiger partial charge is 0.378 e. The highest BCUT2D eigenvalue weighted by Gasteiger charge is 2.22. The van der Waals surface area contributed by atoms with Gasteiger partial charge >= 0.3 is 0 Å². The van der Waals surface area contributed by atoms with Gasteiger partial charge in [-0.05, 0) is 23.4 Å². The van der Waals surface area contributed by atoms with Gasteiger partial charge < -0.3 is 15.0 Å². The number of amides is 1. The second-order valence-electron chi connectivity index (χ2n) is 7.54. The van der Waals surface area contributed by atoms with Crippen LogP contribution in [0.25, 0.3) is 0 Å². The molecule has 1 aliphatic heterocycles. The third kappa shape index (κ3) is 4.40. The molecule has 3 rings (SSSR count). The highest BCUT2D eigenvalue weighted by atomic mass is 32.1. The van der Waals surface area contributed by atoms with Gasteiger partial charge in [0.25, 0.3) is 0 Å². The Kier molecular flexibility index (Phi) is 5.58. The van der Waals surface area contributed by atoms with E-state index in [1.165, 1.54) is 10.4 Å². The van der Waals surface area contributed by atoms with Gasteiger partial charge in [0.1, 0.15) is 11.6 Å². The van der Waals surface area contributed by atoms with E-state index in [1.54, 1.807) is 18.4 Å². The summed E-state index contributed by atoms with van der Waals surface area (Å²) in [6, 6.07) is 3.96. The van der Waals surface area contributed by atoms with Crippen molar-refractivity contribution in [1.29, 1.82) is 0 Å². The van der Waals surface area contributed by atoms with E-state index in [1.807, 2.05) is 11.0 Å². The summed E-state index contributed by atoms with van der Waals surface area (Å²) in [5.74, 6) is 1.49. The van der Waals surface area contributed by atoms with E-state index >= 15 is 0 Å². The van der Waals surface area contributed by atoms with Crippen molar-refractivity contribution in [2.24, 2.45) is 0 Å². The van der Waals surface area contributed by atoms with Gasteiger partial charge in [-0.3, -0.25) is 4.79 Å². The lowest BCUT2D eigenvalue weighted by molar-refractivity contribution is -0.130. The molecular formula is C19H26N4O2S. The van der Waals surface area contributed by atoms with Gasteiger partial charge in [-0.25, -0.2) is 9.97 Å². The molecule has 2 aromatic heterocycles. The van der Waals surface area contributed by atoms with Crippen LogP contribution in [-0.2, 0) is 34.5 Å². The number of fused-ring (bicyclic) bond motifs is 1. The Hall–Kier alpha value is -1.99. The van der Waals surface area contributed by atoms with Crippen LogP contribution in [0.2, 0.25) is 0 Å². The predicted octanol–water partition coefficient (Wildman–Crippen LogP) is 2.98. The normalized spacial score (nSPS) is 14.2. The van der Waals surface area contributed by atoms with E-state index in [0.717, 1.165) is 24.5 Å². The lowest BCUT2D eigenvalue weighted by Crippen LogP contribution is -2.39. The highest BCUT2D eigenvalue weighted by Crippen LogP contribution is 2.24. The van der Waals surface area contributed by atoms with E-state index in [0.29, 0.717) is 19.0 Å². The van der Waals surface area contributed by atoms with Crippen molar-refractivity contribution in [2.45, 2.75) is 45.8 Å². The van der Waals surface area contributed by atoms with Crippen LogP contribution in [0, 0.1) is 0 Å². The van der Waals surface area contributed by atoms with Crippen LogP contribution < -0.4 is 5.32 Å². The fraction of sp³-hybridized carbons (Fsp3) is 0.526. The summed E-state index contributed by atoms with van der Waals surface area (Å²) in [5, 5.41) is 5.28. The van der Waals surface area contributed by atoms with Crippen molar-refractivity contribution in [3.63, 3.8) is 0 Å². The average molecular weight is 375 g/mol. The number of methoxy groups -OCH3 is 1. The number of hydrogen-bond acceptors (Lipinski definition) is 6. The number of carbonyl (C=O) groups is 1. The van der Waals surface area contributed by atoms with E-state index in [4.69, 9.17) is 4.74 Å². The summed E-state index contributed by atoms with van der Waals surface area (Å²) in [6.45, 7) is 8.33. The van der Waals surface area contributed by atoms with Gasteiger partial charge in [-0.2, -0.15) is 0 Å². The molecule has 0 radical (unpaired) electrons. The summed E-state index contributed by atoms with van der Waals surface area (Å²) in [5.41, 5.74) is 1.91. The average Bonchev–Trinajstić information content (AvgIpc) is 3.06. The van der Waals surface area contributed by atoms with E-state index in [9.17, 15) is 4.79 Å². The zero-order valence-corrected chi connectivity index (χ0v) is 16.7. The predicted molar refractivity (Wildman–Crippen MR) is 103 cm³/mol. The van der Waals surface area contributed by atoms with Crippen LogP contribution in [-0.4, -0.2) is 41.0 Å². The number of nitrogens with one attached hydrogen (secondary N) is 1. The molecule has 0 fully saturated rings. The number of nitrogens with zero attached hydrogens (tertiary/aromatic N) is 3. The first-order chi connectivity index (χ1) is 12.4. The first kappa shape index (κ1) is 18.8. The number of ether oxygens (including phenoxy) is 1. The maximum atomic E-state index is 12.6. The maximum Gasteiger partial charge on any atom is 0.242 e. The van der Waals surface area contributed by atoms with E-state index in [2.05, 4.69) is 47.5 Å². The molecule has 3 heterocycles. The minimum atomic E-state index is -0.174. The molecule has 1 N–H and O–H groups in total. The molecule has 0 aromatic carbocycles. The lowest BCUT2D eigenvalue weighted by atomic mass is 9.95. The SMILES string of the molecule is COCc1cc(NCC(=O)N2CCc3sccc3C2)nc(C(C)(C)C)n1. The van der Waals surface area contributed by atoms with Crippen molar-refractivity contribution in [2.75, 3.05) is 25.5 Å². The van der Waals surface area contributed by atoms with Crippen molar-refractivity contribution in [3.05, 3.63) is 39.5 Å². The number of carbonyl (C=O) groups excluding carboxylic acids is 1. The molecule has 140 valence electrons. The molecule has 0 bridgehead atoms. The fourth-order valence-electron chi connectivity index (χ4n) is 2.88. The van der Waals surface area contributed by atoms with Crippen molar-refractivity contribution < 1.29 is 9.53 Å². The number of hydrogen-bond donors (Lipinski definition) is 1. The third-order valence-corrected chi connectivity index (χ3v) is 5.35. The Bertz CT molecular complexity index is 782. The molecule has 26 heavy (non-hydrogen) atoms. The Labute approximate surface area is 158 Å². The zero-order valence-electron chi connectivity index (χ0n) is 15.8. The zero-order chi connectivity index (χ0) is 18.7. The molecular weight excluding hydrogens is 348 g/mol. The van der Waals surface area contributed by atoms with Gasteiger partial charge in [-0.15, -0.1) is 11.3 Å². The standard InChI is InChI=1S/C19H26N4O2S/c1-19(2,3)18-21-14(12-25-4)9-16(22-18)20-10-17(24)23-7-5-15-13(11-23)6-8-26-15/h6,8-9H,5,7,10-12H2,1-4H3,(H,20,21,22). The monoisotopic (exact) mass is 374 g/mol. The fourth-order valence-corrected chi connectivity index (χ4v) is 3.77. The number of aromatic nitrogens is 2. The molecule has 1 aliphatic rings. The number of anilines is 1. The minimum Gasteiger partial charge on any atom is -0.378 e. The van der Waals surface area contributed by atoms with Crippen molar-refractivity contribution in [1.82, 2.24) is 14.9 Å². The summed E-state index contributed by atoms with van der Waals surface area (Å²) in [6.07, 6.45) is 0.943. The molecule has 0 spiro atoms. The molecule has 2 aromatic rings. The Morgan fingerprint density at radius 3 is 2.92 bits per heavy atom. The second-order valence-corrected chi connectivity index (χ2v) is 8.54. The van der Waals surface area contributed by atoms with Gasteiger partial charge in [0, 0.05) is 36.6 Å². The van der Waals surface area contributed by atoms with Gasteiger partial charge in [-0.1, -0.05) is 20.8 Å². The molecule has 6 nitrogen and oxygen atoms in total. The third-order valence-electron chi connectivity index (χ3n) is 4.32. The first-order valence-corrected chi connectivity index (χ1v) is 9.69. The summed E-state index contributed by atoms with van der Waals surface area (Å²) < 4.78 is 5.20. The lowest BCUT2D eigenvalue weighted by Gasteiger charge is -2.27. The highest BCUT2D eigenvalue weighted by molar-refractivity contribution is 7.10. The topological polar surface area (TPSA) is 67.3 Å². The van der Waals surface area contributed by atoms with Gasteiger partial charge in [0.15, 0.2) is 0 Å². The van der Waals surface area contributed by atoms with Crippen molar-refractivity contribution in [3.8, 4) is 0 Å². The van der Waals surface area contributed by atoms with Crippen LogP contribution in [0.5, 0.6) is 0 Å². The summed E-state index contributed by atoms with van der Waals surface area (Å²) in [4.78, 5) is 25.0. The first-order valence-electron chi connectivity index (χ1n) is 8.81. The van der Waals surface area contributed by atoms with E-state index < -0.39 is 0 Å². The molecule has 0 saturated heterocycles. The van der Waals surface area contributed by atoms with Crippen LogP contribution in [0.1, 0.15) is 42.7 Å². The molecule has 0 unspecified atom stereocenters. The quantitative estimate of drug-likeness (QED) is 0.871. The molecule has 0 aliphatic carbocycles. The van der Waals surface area contributed by atoms with Crippen LogP contribution >= 0.6 is 11.3 Å². The second kappa shape index (κ2) is 7.72. The molecule has 1 amide bonds. The van der Waals surface area contributed by atoms with Crippen LogP contribution in [0.15, 0.2) is 17.5 Å². The molecule has 0 saturated carbocycles. The number of thiophene rings is 1. The summed E-state index contributed by atoms with van der Waals surface area (Å²) in [7, 11) is 1.64. The molecule has 0 atom stereocenters. The van der Waals surface area contributed by atoms with Crippen molar-refractivity contribution >= 4 is 23.1 Å². The summed E-state index contributed by atoms with van der Waals surface area (Å²) >= 11 is 1.78. The number of rotatable bonds is 5. The van der Waals surface area contributed by atoms with Gasteiger partial charge in [0.2, 0.25) is 5.91 Å². The smallest absolute Gasteiger partial charge is 0.242 e. The van der Waals surface area contributed by atoms with Crippen LogP contribution in [0.4, 0.5) is 5.82 Å².